The Kier molecular flexibility index (Phi) is 8.40. The van der Waals surface area contributed by atoms with Crippen molar-refractivity contribution in [2.24, 2.45) is 5.73 Å². The Bertz CT molecular complexity index is 1000. The van der Waals surface area contributed by atoms with Crippen molar-refractivity contribution < 1.29 is 9.47 Å². The number of para-hydroxylation sites is 1. The SMILES string of the molecule is NCCOCCOCCNc1nc(Nc2ccccc2)nc(NC2CCc3ccccc32)n1. The molecule has 33 heavy (non-hydrogen) atoms. The Morgan fingerprint density at radius 1 is 0.818 bits per heavy atom. The van der Waals surface area contributed by atoms with Gasteiger partial charge in [0.15, 0.2) is 0 Å². The number of nitrogens with two attached hydrogens (primary N) is 1. The van der Waals surface area contributed by atoms with Crippen molar-refractivity contribution in [1.82, 2.24) is 15.0 Å². The van der Waals surface area contributed by atoms with Crippen molar-refractivity contribution in [3.63, 3.8) is 0 Å². The van der Waals surface area contributed by atoms with Gasteiger partial charge in [-0.1, -0.05) is 42.5 Å². The molecule has 9 heteroatoms. The van der Waals surface area contributed by atoms with Gasteiger partial charge in [-0.05, 0) is 36.1 Å². The first-order chi connectivity index (χ1) is 16.3. The number of benzene rings is 2. The van der Waals surface area contributed by atoms with Crippen molar-refractivity contribution in [2.75, 3.05) is 55.5 Å². The molecule has 9 nitrogen and oxygen atoms in total. The molecule has 1 aliphatic carbocycles. The highest BCUT2D eigenvalue weighted by Crippen LogP contribution is 2.33. The van der Waals surface area contributed by atoms with Gasteiger partial charge >= 0.3 is 0 Å². The van der Waals surface area contributed by atoms with Crippen LogP contribution in [0.1, 0.15) is 23.6 Å². The number of hydrogen-bond donors (Lipinski definition) is 4. The fraction of sp³-hybridized carbons (Fsp3) is 0.375. The minimum Gasteiger partial charge on any atom is -0.378 e. The smallest absolute Gasteiger partial charge is 0.233 e. The van der Waals surface area contributed by atoms with Crippen LogP contribution in [0.5, 0.6) is 0 Å². The van der Waals surface area contributed by atoms with E-state index in [9.17, 15) is 0 Å². The second-order valence-electron chi connectivity index (χ2n) is 7.67. The van der Waals surface area contributed by atoms with Crippen molar-refractivity contribution in [3.8, 4) is 0 Å². The van der Waals surface area contributed by atoms with Gasteiger partial charge in [0.05, 0.1) is 32.5 Å². The lowest BCUT2D eigenvalue weighted by Crippen LogP contribution is -2.17. The van der Waals surface area contributed by atoms with Crippen LogP contribution in [0, 0.1) is 0 Å². The van der Waals surface area contributed by atoms with Crippen LogP contribution in [-0.2, 0) is 15.9 Å². The maximum Gasteiger partial charge on any atom is 0.233 e. The van der Waals surface area contributed by atoms with Gasteiger partial charge in [0.1, 0.15) is 0 Å². The molecule has 1 atom stereocenters. The molecule has 4 rings (SSSR count). The summed E-state index contributed by atoms with van der Waals surface area (Å²) in [6.45, 7) is 3.20. The number of fused-ring (bicyclic) bond motifs is 1. The molecule has 1 aliphatic rings. The van der Waals surface area contributed by atoms with E-state index in [1.807, 2.05) is 30.3 Å². The number of anilines is 4. The van der Waals surface area contributed by atoms with Crippen molar-refractivity contribution >= 4 is 23.5 Å². The first-order valence-corrected chi connectivity index (χ1v) is 11.3. The standard InChI is InChI=1S/C24H31N7O2/c25-12-14-32-16-17-33-15-13-26-22-29-23(27-19-7-2-1-3-8-19)31-24(30-22)28-21-11-10-18-6-4-5-9-20(18)21/h1-9,21H,10-17,25H2,(H3,26,27,28,29,30,31). The molecule has 1 heterocycles. The summed E-state index contributed by atoms with van der Waals surface area (Å²) in [5.74, 6) is 1.49. The largest absolute Gasteiger partial charge is 0.378 e. The average Bonchev–Trinajstić information content (AvgIpc) is 3.24. The third-order valence-electron chi connectivity index (χ3n) is 5.27. The van der Waals surface area contributed by atoms with Gasteiger partial charge in [-0.15, -0.1) is 0 Å². The molecule has 0 radical (unpaired) electrons. The van der Waals surface area contributed by atoms with Gasteiger partial charge in [0.25, 0.3) is 0 Å². The Morgan fingerprint density at radius 2 is 1.55 bits per heavy atom. The number of ether oxygens (including phenoxy) is 2. The van der Waals surface area contributed by atoms with E-state index in [2.05, 4.69) is 55.2 Å². The summed E-state index contributed by atoms with van der Waals surface area (Å²) < 4.78 is 10.9. The highest BCUT2D eigenvalue weighted by atomic mass is 16.5. The van der Waals surface area contributed by atoms with Crippen LogP contribution >= 0.6 is 0 Å². The van der Waals surface area contributed by atoms with Gasteiger partial charge in [-0.2, -0.15) is 15.0 Å². The van der Waals surface area contributed by atoms with Gasteiger partial charge in [-0.25, -0.2) is 0 Å². The molecule has 0 bridgehead atoms. The zero-order chi connectivity index (χ0) is 22.7. The van der Waals surface area contributed by atoms with E-state index in [0.717, 1.165) is 18.5 Å². The Balaban J connectivity index is 1.40. The highest BCUT2D eigenvalue weighted by Gasteiger charge is 2.23. The molecule has 2 aromatic carbocycles. The fourth-order valence-corrected chi connectivity index (χ4v) is 3.73. The normalized spacial score (nSPS) is 14.6. The monoisotopic (exact) mass is 449 g/mol. The highest BCUT2D eigenvalue weighted by molar-refractivity contribution is 5.55. The Morgan fingerprint density at radius 3 is 2.39 bits per heavy atom. The summed E-state index contributed by atoms with van der Waals surface area (Å²) in [7, 11) is 0. The summed E-state index contributed by atoms with van der Waals surface area (Å²) in [6.07, 6.45) is 2.06. The van der Waals surface area contributed by atoms with Crippen molar-refractivity contribution in [1.29, 1.82) is 0 Å². The van der Waals surface area contributed by atoms with Crippen LogP contribution in [-0.4, -0.2) is 54.5 Å². The van der Waals surface area contributed by atoms with Gasteiger partial charge in [0, 0.05) is 18.8 Å². The van der Waals surface area contributed by atoms with E-state index in [0.29, 0.717) is 57.4 Å². The molecule has 1 aromatic heterocycles. The maximum absolute atomic E-state index is 5.57. The lowest BCUT2D eigenvalue weighted by atomic mass is 10.1. The minimum absolute atomic E-state index is 0.179. The number of rotatable bonds is 13. The third kappa shape index (κ3) is 6.85. The molecule has 0 fully saturated rings. The number of aromatic nitrogens is 3. The first kappa shape index (κ1) is 22.9. The van der Waals surface area contributed by atoms with E-state index < -0.39 is 0 Å². The predicted octanol–water partition coefficient (Wildman–Crippen LogP) is 3.12. The molecule has 0 amide bonds. The summed E-state index contributed by atoms with van der Waals surface area (Å²) >= 11 is 0. The predicted molar refractivity (Wildman–Crippen MR) is 130 cm³/mol. The molecule has 0 aliphatic heterocycles. The van der Waals surface area contributed by atoms with E-state index in [1.54, 1.807) is 0 Å². The molecular weight excluding hydrogens is 418 g/mol. The van der Waals surface area contributed by atoms with E-state index in [4.69, 9.17) is 15.2 Å². The van der Waals surface area contributed by atoms with Crippen LogP contribution in [0.25, 0.3) is 0 Å². The van der Waals surface area contributed by atoms with Crippen LogP contribution in [0.2, 0.25) is 0 Å². The number of aryl methyl sites for hydroxylation is 1. The van der Waals surface area contributed by atoms with Gasteiger partial charge in [0.2, 0.25) is 17.8 Å². The topological polar surface area (TPSA) is 119 Å². The number of nitrogens with one attached hydrogen (secondary N) is 3. The lowest BCUT2D eigenvalue weighted by molar-refractivity contribution is 0.0547. The quantitative estimate of drug-likeness (QED) is 0.292. The summed E-state index contributed by atoms with van der Waals surface area (Å²) in [5.41, 5.74) is 8.98. The molecular formula is C24H31N7O2. The van der Waals surface area contributed by atoms with Crippen molar-refractivity contribution in [2.45, 2.75) is 18.9 Å². The average molecular weight is 450 g/mol. The van der Waals surface area contributed by atoms with E-state index in [-0.39, 0.29) is 6.04 Å². The molecule has 5 N–H and O–H groups in total. The zero-order valence-corrected chi connectivity index (χ0v) is 18.7. The first-order valence-electron chi connectivity index (χ1n) is 11.3. The van der Waals surface area contributed by atoms with E-state index >= 15 is 0 Å². The number of hydrogen-bond acceptors (Lipinski definition) is 9. The van der Waals surface area contributed by atoms with Gasteiger partial charge in [-0.3, -0.25) is 0 Å². The fourth-order valence-electron chi connectivity index (χ4n) is 3.73. The minimum atomic E-state index is 0.179. The maximum atomic E-state index is 5.57. The van der Waals surface area contributed by atoms with Gasteiger partial charge < -0.3 is 31.2 Å². The molecule has 0 saturated carbocycles. The Labute approximate surface area is 194 Å². The zero-order valence-electron chi connectivity index (χ0n) is 18.7. The second kappa shape index (κ2) is 12.1. The van der Waals surface area contributed by atoms with Crippen LogP contribution in [0.3, 0.4) is 0 Å². The van der Waals surface area contributed by atoms with Crippen molar-refractivity contribution in [3.05, 3.63) is 65.7 Å². The van der Waals surface area contributed by atoms with E-state index in [1.165, 1.54) is 11.1 Å². The molecule has 1 unspecified atom stereocenters. The molecule has 174 valence electrons. The third-order valence-corrected chi connectivity index (χ3v) is 5.27. The lowest BCUT2D eigenvalue weighted by Gasteiger charge is -2.16. The summed E-state index contributed by atoms with van der Waals surface area (Å²) in [6, 6.07) is 18.5. The second-order valence-corrected chi connectivity index (χ2v) is 7.67. The van der Waals surface area contributed by atoms with Crippen LogP contribution in [0.4, 0.5) is 23.5 Å². The molecule has 3 aromatic rings. The van der Waals surface area contributed by atoms with Crippen LogP contribution in [0.15, 0.2) is 54.6 Å². The summed E-state index contributed by atoms with van der Waals surface area (Å²) in [4.78, 5) is 13.7. The van der Waals surface area contributed by atoms with Crippen LogP contribution < -0.4 is 21.7 Å². The molecule has 0 spiro atoms. The number of nitrogens with zero attached hydrogens (tertiary/aromatic N) is 3. The Hall–Kier alpha value is -3.27. The molecule has 0 saturated heterocycles. The summed E-state index contributed by atoms with van der Waals surface area (Å²) in [5, 5.41) is 9.98.